The van der Waals surface area contributed by atoms with Crippen LogP contribution in [0, 0.1) is 11.3 Å². The predicted molar refractivity (Wildman–Crippen MR) is 120 cm³/mol. The molecule has 4 rings (SSSR count). The smallest absolute Gasteiger partial charge is 0.416 e. The number of anilines is 1. The summed E-state index contributed by atoms with van der Waals surface area (Å²) < 4.78 is 45.1. The highest BCUT2D eigenvalue weighted by Crippen LogP contribution is 2.42. The van der Waals surface area contributed by atoms with Crippen LogP contribution < -0.4 is 10.3 Å². The van der Waals surface area contributed by atoms with Gasteiger partial charge in [0.2, 0.25) is 0 Å². The van der Waals surface area contributed by atoms with Gasteiger partial charge in [0.1, 0.15) is 6.54 Å². The van der Waals surface area contributed by atoms with E-state index in [1.165, 1.54) is 23.2 Å². The Kier molecular flexibility index (Phi) is 6.43. The number of hydrogen-bond donors (Lipinski definition) is 1. The molecule has 9 nitrogen and oxygen atoms in total. The molecule has 0 bridgehead atoms. The number of hydrogen-bond acceptors (Lipinski definition) is 6. The molecule has 0 saturated carbocycles. The van der Waals surface area contributed by atoms with Crippen molar-refractivity contribution in [2.24, 2.45) is 0 Å². The number of carbonyl (C=O) groups is 3. The van der Waals surface area contributed by atoms with Gasteiger partial charge in [-0.3, -0.25) is 19.9 Å². The molecule has 0 unspecified atom stereocenters. The van der Waals surface area contributed by atoms with Crippen molar-refractivity contribution in [3.63, 3.8) is 0 Å². The summed E-state index contributed by atoms with van der Waals surface area (Å²) in [5, 5.41) is 10.5. The quantitative estimate of drug-likeness (QED) is 0.649. The largest absolute Gasteiger partial charge is 0.468 e. The molecule has 12 heteroatoms. The fraction of sp³-hybridized carbons (Fsp3) is 0.250. The van der Waals surface area contributed by atoms with E-state index < -0.39 is 42.2 Å². The molecule has 2 aromatic carbocycles. The molecule has 0 fully saturated rings. The molecule has 0 saturated heterocycles. The average molecular weight is 499 g/mol. The van der Waals surface area contributed by atoms with Crippen molar-refractivity contribution in [3.8, 4) is 6.07 Å². The zero-order valence-corrected chi connectivity index (χ0v) is 19.2. The molecular formula is C24H20F3N5O4. The van der Waals surface area contributed by atoms with E-state index in [9.17, 15) is 27.6 Å². The van der Waals surface area contributed by atoms with Crippen LogP contribution in [0.25, 0.3) is 0 Å². The lowest BCUT2D eigenvalue weighted by molar-refractivity contribution is -0.142. The second-order valence-corrected chi connectivity index (χ2v) is 8.16. The van der Waals surface area contributed by atoms with E-state index in [0.717, 1.165) is 35.1 Å². The molecule has 3 amide bonds. The van der Waals surface area contributed by atoms with Gasteiger partial charge in [-0.1, -0.05) is 18.2 Å². The number of ether oxygens (including phenoxy) is 1. The Morgan fingerprint density at radius 3 is 2.50 bits per heavy atom. The molecule has 1 N–H and O–H groups in total. The van der Waals surface area contributed by atoms with Gasteiger partial charge in [-0.05, 0) is 35.9 Å². The number of nitrogens with zero attached hydrogens (tertiary/aromatic N) is 4. The SMILES string of the molecule is COC(=O)CN1C(=O)N(c2cccc(C(F)(F)F)c2)C2=C(C(=O)NN(C)C2)[C@H]1c1ccc(C#N)cc1. The second-order valence-electron chi connectivity index (χ2n) is 8.16. The molecule has 0 radical (unpaired) electrons. The van der Waals surface area contributed by atoms with Crippen molar-refractivity contribution < 1.29 is 32.3 Å². The van der Waals surface area contributed by atoms with Crippen LogP contribution in [0.2, 0.25) is 0 Å². The van der Waals surface area contributed by atoms with E-state index in [4.69, 9.17) is 10.00 Å². The number of methoxy groups -OCH3 is 1. The van der Waals surface area contributed by atoms with Crippen molar-refractivity contribution in [1.82, 2.24) is 15.3 Å². The number of nitriles is 1. The van der Waals surface area contributed by atoms with E-state index in [1.54, 1.807) is 19.2 Å². The number of halogens is 3. The topological polar surface area (TPSA) is 106 Å². The van der Waals surface area contributed by atoms with Gasteiger partial charge < -0.3 is 9.64 Å². The third-order valence-corrected chi connectivity index (χ3v) is 5.84. The standard InChI is InChI=1S/C24H20F3N5O4/c1-30-12-18-20(22(34)29-30)21(15-8-6-14(11-28)7-9-15)31(13-19(33)36-2)23(35)32(18)17-5-3-4-16(10-17)24(25,26)27/h3-10,21H,12-13H2,1-2H3,(H,29,34)/t21-/m1/s1. The Morgan fingerprint density at radius 1 is 1.19 bits per heavy atom. The third kappa shape index (κ3) is 4.48. The lowest BCUT2D eigenvalue weighted by atomic mass is 9.90. The minimum Gasteiger partial charge on any atom is -0.468 e. The Morgan fingerprint density at radius 2 is 1.89 bits per heavy atom. The van der Waals surface area contributed by atoms with Gasteiger partial charge >= 0.3 is 18.2 Å². The van der Waals surface area contributed by atoms with Crippen molar-refractivity contribution in [2.45, 2.75) is 12.2 Å². The highest BCUT2D eigenvalue weighted by atomic mass is 19.4. The normalized spacial score (nSPS) is 18.5. The van der Waals surface area contributed by atoms with Crippen LogP contribution in [0.4, 0.5) is 23.7 Å². The number of esters is 1. The highest BCUT2D eigenvalue weighted by Gasteiger charge is 2.46. The number of carbonyl (C=O) groups excluding carboxylic acids is 3. The van der Waals surface area contributed by atoms with Crippen LogP contribution in [0.15, 0.2) is 59.8 Å². The summed E-state index contributed by atoms with van der Waals surface area (Å²) in [7, 11) is 2.68. The summed E-state index contributed by atoms with van der Waals surface area (Å²) in [5.41, 5.74) is 2.57. The van der Waals surface area contributed by atoms with Gasteiger partial charge in [-0.15, -0.1) is 0 Å². The van der Waals surface area contributed by atoms with Gasteiger partial charge in [-0.2, -0.15) is 18.4 Å². The first-order chi connectivity index (χ1) is 17.0. The molecule has 1 atom stereocenters. The zero-order chi connectivity index (χ0) is 26.2. The molecule has 0 aliphatic carbocycles. The van der Waals surface area contributed by atoms with Gasteiger partial charge in [0.15, 0.2) is 0 Å². The molecular weight excluding hydrogens is 479 g/mol. The molecule has 2 aliphatic rings. The predicted octanol–water partition coefficient (Wildman–Crippen LogP) is 2.96. The number of urea groups is 1. The monoisotopic (exact) mass is 499 g/mol. The van der Waals surface area contributed by atoms with Gasteiger partial charge in [0, 0.05) is 7.05 Å². The van der Waals surface area contributed by atoms with Crippen molar-refractivity contribution >= 4 is 23.6 Å². The van der Waals surface area contributed by atoms with E-state index in [0.29, 0.717) is 11.1 Å². The maximum absolute atomic E-state index is 13.8. The van der Waals surface area contributed by atoms with Crippen LogP contribution in [0.3, 0.4) is 0 Å². The molecule has 2 aliphatic heterocycles. The minimum atomic E-state index is -4.66. The number of benzene rings is 2. The molecule has 36 heavy (non-hydrogen) atoms. The lowest BCUT2D eigenvalue weighted by Gasteiger charge is -2.46. The molecule has 2 heterocycles. The minimum absolute atomic E-state index is 0.00189. The van der Waals surface area contributed by atoms with Gasteiger partial charge in [0.25, 0.3) is 5.91 Å². The molecule has 186 valence electrons. The fourth-order valence-electron chi connectivity index (χ4n) is 4.23. The van der Waals surface area contributed by atoms with Gasteiger partial charge in [0.05, 0.1) is 53.9 Å². The van der Waals surface area contributed by atoms with Gasteiger partial charge in [-0.25, -0.2) is 9.80 Å². The Hall–Kier alpha value is -4.37. The van der Waals surface area contributed by atoms with Crippen molar-refractivity contribution in [1.29, 1.82) is 5.26 Å². The number of nitrogens with one attached hydrogen (secondary N) is 1. The fourth-order valence-corrected chi connectivity index (χ4v) is 4.23. The highest BCUT2D eigenvalue weighted by molar-refractivity contribution is 6.06. The molecule has 2 aromatic rings. The van der Waals surface area contributed by atoms with Crippen LogP contribution in [-0.4, -0.2) is 55.1 Å². The summed E-state index contributed by atoms with van der Waals surface area (Å²) in [6.07, 6.45) is -4.66. The number of amides is 3. The third-order valence-electron chi connectivity index (χ3n) is 5.84. The Balaban J connectivity index is 1.96. The first-order valence-corrected chi connectivity index (χ1v) is 10.6. The van der Waals surface area contributed by atoms with E-state index in [1.807, 2.05) is 6.07 Å². The summed E-state index contributed by atoms with van der Waals surface area (Å²) in [4.78, 5) is 41.4. The number of likely N-dealkylation sites (N-methyl/N-ethyl adjacent to an activating group) is 1. The zero-order valence-electron chi connectivity index (χ0n) is 19.2. The molecule has 0 spiro atoms. The first-order valence-electron chi connectivity index (χ1n) is 10.6. The van der Waals surface area contributed by atoms with E-state index in [2.05, 4.69) is 5.43 Å². The van der Waals surface area contributed by atoms with Crippen LogP contribution >= 0.6 is 0 Å². The maximum Gasteiger partial charge on any atom is 0.416 e. The Labute approximate surface area is 203 Å². The number of hydrazine groups is 1. The summed E-state index contributed by atoms with van der Waals surface area (Å²) in [6.45, 7) is -0.572. The lowest BCUT2D eigenvalue weighted by Crippen LogP contribution is -2.59. The summed E-state index contributed by atoms with van der Waals surface area (Å²) >= 11 is 0. The first kappa shape index (κ1) is 24.7. The van der Waals surface area contributed by atoms with Crippen LogP contribution in [0.1, 0.15) is 22.7 Å². The van der Waals surface area contributed by atoms with E-state index >= 15 is 0 Å². The van der Waals surface area contributed by atoms with Crippen molar-refractivity contribution in [2.75, 3.05) is 32.1 Å². The number of rotatable bonds is 4. The molecule has 0 aromatic heterocycles. The second kappa shape index (κ2) is 9.35. The average Bonchev–Trinajstić information content (AvgIpc) is 2.84. The maximum atomic E-state index is 13.8. The summed E-state index contributed by atoms with van der Waals surface area (Å²) in [5.74, 6) is -1.38. The number of alkyl halides is 3. The summed E-state index contributed by atoms with van der Waals surface area (Å²) in [6, 6.07) is 10.4. The van der Waals surface area contributed by atoms with Crippen molar-refractivity contribution in [3.05, 3.63) is 76.5 Å². The van der Waals surface area contributed by atoms with Crippen LogP contribution in [0.5, 0.6) is 0 Å². The van der Waals surface area contributed by atoms with E-state index in [-0.39, 0.29) is 23.5 Å². The van der Waals surface area contributed by atoms with Crippen LogP contribution in [-0.2, 0) is 20.5 Å². The Bertz CT molecular complexity index is 1300.